The van der Waals surface area contributed by atoms with Crippen LogP contribution in [0.25, 0.3) is 0 Å². The average Bonchev–Trinajstić information content (AvgIpc) is 2.81. The van der Waals surface area contributed by atoms with Gasteiger partial charge in [-0.3, -0.25) is 4.57 Å². The van der Waals surface area contributed by atoms with Gasteiger partial charge in [0.2, 0.25) is 0 Å². The lowest BCUT2D eigenvalue weighted by molar-refractivity contribution is -0.137. The Labute approximate surface area is 117 Å². The lowest BCUT2D eigenvalue weighted by Gasteiger charge is -2.10. The van der Waals surface area contributed by atoms with E-state index in [-0.39, 0.29) is 17.5 Å². The van der Waals surface area contributed by atoms with Crippen LogP contribution in [0.2, 0.25) is 0 Å². The molecule has 0 unspecified atom stereocenters. The van der Waals surface area contributed by atoms with Crippen molar-refractivity contribution in [2.75, 3.05) is 0 Å². The van der Waals surface area contributed by atoms with E-state index in [1.54, 1.807) is 6.92 Å². The number of carboxylic acids is 1. The van der Waals surface area contributed by atoms with Crippen LogP contribution < -0.4 is 4.74 Å². The van der Waals surface area contributed by atoms with Crippen LogP contribution in [0, 0.1) is 0 Å². The molecule has 0 spiro atoms. The average molecular weight is 300 g/mol. The lowest BCUT2D eigenvalue weighted by Crippen LogP contribution is -2.08. The summed E-state index contributed by atoms with van der Waals surface area (Å²) in [6, 6.07) is 4.07. The van der Waals surface area contributed by atoms with E-state index in [9.17, 15) is 18.0 Å². The molecule has 0 radical (unpaired) electrons. The van der Waals surface area contributed by atoms with Crippen molar-refractivity contribution in [2.24, 2.45) is 0 Å². The molecule has 2 aromatic rings. The molecule has 1 aromatic carbocycles. The number of carboxylic acid groups (broad SMARTS) is 1. The SMILES string of the molecule is CCn1c(C(=O)O)cnc1Oc1ccc(C(F)(F)F)cc1. The van der Waals surface area contributed by atoms with Crippen LogP contribution in [-0.2, 0) is 12.7 Å². The van der Waals surface area contributed by atoms with Crippen LogP contribution in [0.5, 0.6) is 11.8 Å². The molecule has 0 aliphatic rings. The van der Waals surface area contributed by atoms with E-state index < -0.39 is 17.7 Å². The molecular weight excluding hydrogens is 289 g/mol. The Balaban J connectivity index is 2.25. The first-order valence-electron chi connectivity index (χ1n) is 5.97. The molecule has 112 valence electrons. The third kappa shape index (κ3) is 3.15. The van der Waals surface area contributed by atoms with Crippen molar-refractivity contribution in [1.82, 2.24) is 9.55 Å². The largest absolute Gasteiger partial charge is 0.477 e. The fraction of sp³-hybridized carbons (Fsp3) is 0.231. The highest BCUT2D eigenvalue weighted by Gasteiger charge is 2.30. The predicted molar refractivity (Wildman–Crippen MR) is 66.4 cm³/mol. The molecule has 0 saturated heterocycles. The van der Waals surface area contributed by atoms with Gasteiger partial charge in [-0.15, -0.1) is 0 Å². The number of aromatic nitrogens is 2. The Morgan fingerprint density at radius 2 is 1.95 bits per heavy atom. The van der Waals surface area contributed by atoms with Gasteiger partial charge >= 0.3 is 18.2 Å². The summed E-state index contributed by atoms with van der Waals surface area (Å²) in [6.45, 7) is 2.01. The fourth-order valence-electron chi connectivity index (χ4n) is 1.73. The highest BCUT2D eigenvalue weighted by molar-refractivity contribution is 5.85. The van der Waals surface area contributed by atoms with Crippen molar-refractivity contribution in [3.63, 3.8) is 0 Å². The minimum atomic E-state index is -4.42. The summed E-state index contributed by atoms with van der Waals surface area (Å²) in [5.41, 5.74) is -0.848. The summed E-state index contributed by atoms with van der Waals surface area (Å²) in [5.74, 6) is -1.02. The van der Waals surface area contributed by atoms with Gasteiger partial charge in [-0.2, -0.15) is 13.2 Å². The number of aromatic carboxylic acids is 1. The van der Waals surface area contributed by atoms with Crippen molar-refractivity contribution in [1.29, 1.82) is 0 Å². The molecule has 0 aliphatic carbocycles. The molecule has 2 rings (SSSR count). The van der Waals surface area contributed by atoms with Crippen molar-refractivity contribution in [3.8, 4) is 11.8 Å². The number of imidazole rings is 1. The number of alkyl halides is 3. The van der Waals surface area contributed by atoms with E-state index in [1.807, 2.05) is 0 Å². The van der Waals surface area contributed by atoms with Gasteiger partial charge in [0.15, 0.2) is 0 Å². The van der Waals surface area contributed by atoms with Crippen molar-refractivity contribution < 1.29 is 27.8 Å². The van der Waals surface area contributed by atoms with Crippen LogP contribution in [-0.4, -0.2) is 20.6 Å². The van der Waals surface area contributed by atoms with E-state index in [1.165, 1.54) is 4.57 Å². The first-order chi connectivity index (χ1) is 9.82. The zero-order valence-electron chi connectivity index (χ0n) is 10.9. The maximum Gasteiger partial charge on any atom is 0.416 e. The van der Waals surface area contributed by atoms with Gasteiger partial charge in [-0.05, 0) is 31.2 Å². The standard InChI is InChI=1S/C13H11F3N2O3/c1-2-18-10(11(19)20)7-17-12(18)21-9-5-3-8(4-6-9)13(14,15)16/h3-7H,2H2,1H3,(H,19,20). The van der Waals surface area contributed by atoms with Crippen molar-refractivity contribution >= 4 is 5.97 Å². The molecule has 0 bridgehead atoms. The van der Waals surface area contributed by atoms with Gasteiger partial charge in [-0.1, -0.05) is 0 Å². The zero-order valence-corrected chi connectivity index (χ0v) is 10.9. The molecule has 0 aliphatic heterocycles. The number of ether oxygens (including phenoxy) is 1. The molecular formula is C13H11F3N2O3. The van der Waals surface area contributed by atoms with Gasteiger partial charge in [0, 0.05) is 6.54 Å². The fourth-order valence-corrected chi connectivity index (χ4v) is 1.73. The van der Waals surface area contributed by atoms with Gasteiger partial charge in [0.25, 0.3) is 0 Å². The smallest absolute Gasteiger partial charge is 0.416 e. The van der Waals surface area contributed by atoms with E-state index in [4.69, 9.17) is 9.84 Å². The lowest BCUT2D eigenvalue weighted by atomic mass is 10.2. The number of hydrogen-bond donors (Lipinski definition) is 1. The molecule has 21 heavy (non-hydrogen) atoms. The van der Waals surface area contributed by atoms with E-state index in [0.29, 0.717) is 6.54 Å². The van der Waals surface area contributed by atoms with Gasteiger partial charge in [0.05, 0.1) is 11.8 Å². The molecule has 0 saturated carbocycles. The highest BCUT2D eigenvalue weighted by atomic mass is 19.4. The molecule has 1 aromatic heterocycles. The second-order valence-electron chi connectivity index (χ2n) is 4.10. The highest BCUT2D eigenvalue weighted by Crippen LogP contribution is 2.31. The second-order valence-corrected chi connectivity index (χ2v) is 4.10. The summed E-state index contributed by atoms with van der Waals surface area (Å²) in [5, 5.41) is 8.96. The first kappa shape index (κ1) is 14.9. The Hall–Kier alpha value is -2.51. The van der Waals surface area contributed by atoms with Gasteiger partial charge in [0.1, 0.15) is 11.4 Å². The molecule has 0 atom stereocenters. The van der Waals surface area contributed by atoms with Crippen LogP contribution in [0.3, 0.4) is 0 Å². The molecule has 8 heteroatoms. The number of hydrogen-bond acceptors (Lipinski definition) is 3. The summed E-state index contributed by atoms with van der Waals surface area (Å²) in [4.78, 5) is 14.8. The van der Waals surface area contributed by atoms with Crippen LogP contribution in [0.4, 0.5) is 13.2 Å². The normalized spacial score (nSPS) is 11.4. The van der Waals surface area contributed by atoms with E-state index in [0.717, 1.165) is 30.5 Å². The minimum absolute atomic E-state index is 0.00894. The van der Waals surface area contributed by atoms with Gasteiger partial charge < -0.3 is 9.84 Å². The van der Waals surface area contributed by atoms with Crippen LogP contribution in [0.15, 0.2) is 30.5 Å². The van der Waals surface area contributed by atoms with Crippen LogP contribution >= 0.6 is 0 Å². The number of carbonyl (C=O) groups is 1. The second kappa shape index (κ2) is 5.47. The van der Waals surface area contributed by atoms with Gasteiger partial charge in [-0.25, -0.2) is 9.78 Å². The first-order valence-corrected chi connectivity index (χ1v) is 5.97. The maximum absolute atomic E-state index is 12.4. The zero-order chi connectivity index (χ0) is 15.6. The molecule has 5 nitrogen and oxygen atoms in total. The third-order valence-electron chi connectivity index (χ3n) is 2.75. The molecule has 1 N–H and O–H groups in total. The number of benzene rings is 1. The van der Waals surface area contributed by atoms with Crippen LogP contribution in [0.1, 0.15) is 23.0 Å². The summed E-state index contributed by atoms with van der Waals surface area (Å²) in [6.07, 6.45) is -3.29. The van der Waals surface area contributed by atoms with E-state index >= 15 is 0 Å². The number of rotatable bonds is 4. The predicted octanol–water partition coefficient (Wildman–Crippen LogP) is 3.41. The summed E-state index contributed by atoms with van der Waals surface area (Å²) < 4.78 is 43.9. The number of nitrogens with zero attached hydrogens (tertiary/aromatic N) is 2. The summed E-state index contributed by atoms with van der Waals surface area (Å²) >= 11 is 0. The Bertz CT molecular complexity index is 648. The molecule has 0 fully saturated rings. The Kier molecular flexibility index (Phi) is 3.88. The van der Waals surface area contributed by atoms with Crippen molar-refractivity contribution in [2.45, 2.75) is 19.6 Å². The number of halogens is 3. The maximum atomic E-state index is 12.4. The topological polar surface area (TPSA) is 64.4 Å². The molecule has 1 heterocycles. The molecule has 0 amide bonds. The van der Waals surface area contributed by atoms with E-state index in [2.05, 4.69) is 4.98 Å². The quantitative estimate of drug-likeness (QED) is 0.939. The summed E-state index contributed by atoms with van der Waals surface area (Å²) in [7, 11) is 0. The minimum Gasteiger partial charge on any atom is -0.477 e. The Morgan fingerprint density at radius 3 is 2.43 bits per heavy atom. The van der Waals surface area contributed by atoms with Crippen molar-refractivity contribution in [3.05, 3.63) is 41.7 Å². The third-order valence-corrected chi connectivity index (χ3v) is 2.75. The Morgan fingerprint density at radius 1 is 1.33 bits per heavy atom. The monoisotopic (exact) mass is 300 g/mol.